The van der Waals surface area contributed by atoms with E-state index in [2.05, 4.69) is 6.07 Å². The van der Waals surface area contributed by atoms with Gasteiger partial charge in [-0.15, -0.1) is 23.5 Å². The lowest BCUT2D eigenvalue weighted by atomic mass is 9.66. The van der Waals surface area contributed by atoms with Crippen molar-refractivity contribution >= 4 is 47.1 Å². The topological polar surface area (TPSA) is 98.8 Å². The third-order valence-electron chi connectivity index (χ3n) is 9.77. The van der Waals surface area contributed by atoms with Crippen molar-refractivity contribution in [3.8, 4) is 28.7 Å². The number of carbonyl (C=O) groups is 2. The zero-order valence-corrected chi connectivity index (χ0v) is 30.0. The molecular weight excluding hydrogens is 688 g/mol. The van der Waals surface area contributed by atoms with E-state index in [1.807, 2.05) is 66.0 Å². The van der Waals surface area contributed by atoms with Crippen molar-refractivity contribution in [1.29, 1.82) is 0 Å². The molecule has 3 aromatic carbocycles. The zero-order valence-electron chi connectivity index (χ0n) is 27.6. The summed E-state index contributed by atoms with van der Waals surface area (Å²) in [6.07, 6.45) is 3.41. The molecular formula is C37H39ClO9S2. The lowest BCUT2D eigenvalue weighted by molar-refractivity contribution is -0.154. The second-order valence-electron chi connectivity index (χ2n) is 12.5. The van der Waals surface area contributed by atoms with Crippen LogP contribution in [0.1, 0.15) is 71.0 Å². The number of rotatable bonds is 11. The number of esters is 2. The van der Waals surface area contributed by atoms with Gasteiger partial charge in [0.15, 0.2) is 23.0 Å². The molecule has 3 aliphatic heterocycles. The van der Waals surface area contributed by atoms with E-state index in [0.717, 1.165) is 53.1 Å². The summed E-state index contributed by atoms with van der Waals surface area (Å²) < 4.78 is 40.6. The molecule has 0 saturated carbocycles. The molecule has 12 heteroatoms. The first kappa shape index (κ1) is 34.1. The quantitative estimate of drug-likeness (QED) is 0.142. The van der Waals surface area contributed by atoms with Crippen LogP contribution < -0.4 is 23.7 Å². The third-order valence-corrected chi connectivity index (χ3v) is 13.2. The summed E-state index contributed by atoms with van der Waals surface area (Å²) in [5, 5.41) is 1.33. The number of hydrogen-bond donors (Lipinski definition) is 0. The Bertz CT molecular complexity index is 1690. The molecule has 0 amide bonds. The molecule has 2 unspecified atom stereocenters. The third kappa shape index (κ3) is 6.73. The van der Waals surface area contributed by atoms with Gasteiger partial charge in [0.05, 0.1) is 38.4 Å². The van der Waals surface area contributed by atoms with Gasteiger partial charge in [-0.3, -0.25) is 9.59 Å². The molecule has 2 saturated heterocycles. The Morgan fingerprint density at radius 3 is 2.37 bits per heavy atom. The van der Waals surface area contributed by atoms with Crippen LogP contribution in [-0.4, -0.2) is 57.7 Å². The molecule has 0 N–H and O–H groups in total. The Hall–Kier alpha value is -3.41. The summed E-state index contributed by atoms with van der Waals surface area (Å²) in [6.45, 7) is 0.225. The average Bonchev–Trinajstić information content (AvgIpc) is 3.75. The molecule has 0 bridgehead atoms. The van der Waals surface area contributed by atoms with E-state index in [1.165, 1.54) is 5.56 Å². The number of fused-ring (bicyclic) bond motifs is 3. The number of ether oxygens (including phenoxy) is 7. The normalized spacial score (nSPS) is 25.2. The summed E-state index contributed by atoms with van der Waals surface area (Å²) in [7, 11) is 4.66. The van der Waals surface area contributed by atoms with Crippen LogP contribution in [0.25, 0.3) is 0 Å². The van der Waals surface area contributed by atoms with Crippen LogP contribution in [-0.2, 0) is 19.1 Å². The Morgan fingerprint density at radius 2 is 1.65 bits per heavy atom. The number of carbonyl (C=O) groups excluding carboxylic acids is 2. The summed E-state index contributed by atoms with van der Waals surface area (Å²) in [5.74, 6) is 1.54. The molecule has 0 aromatic heterocycles. The van der Waals surface area contributed by atoms with Crippen LogP contribution in [0, 0.1) is 11.8 Å². The minimum atomic E-state index is -0.686. The maximum Gasteiger partial charge on any atom is 0.310 e. The molecule has 6 atom stereocenters. The number of unbranched alkanes of at least 4 members (excludes halogenated alkanes) is 1. The first-order chi connectivity index (χ1) is 23.9. The van der Waals surface area contributed by atoms with E-state index in [-0.39, 0.29) is 25.3 Å². The van der Waals surface area contributed by atoms with E-state index in [1.54, 1.807) is 21.3 Å². The predicted molar refractivity (Wildman–Crippen MR) is 188 cm³/mol. The van der Waals surface area contributed by atoms with Gasteiger partial charge in [0.1, 0.15) is 6.10 Å². The Balaban J connectivity index is 1.09. The molecule has 3 aromatic rings. The standard InChI is InChI=1S/C37H39ClO9S2/c1-41-29-14-20(15-30(42-2)35(29)43-3)32-23-16-27-28(46-19-45-27)17-24(23)34(25-18-44-36(40)33(25)32)47-31(39)11-7-4-8-21-12-13-48-37(49-21)22-9-5-6-10-26(22)38/h5-6,9-10,14-17,21,25,32-34,37H,4,7-8,11-13,18-19H2,1-3H3/t21?,25-,32+,33-,34-,37?/m0/s1. The van der Waals surface area contributed by atoms with Crippen LogP contribution >= 0.6 is 35.1 Å². The van der Waals surface area contributed by atoms with Crippen molar-refractivity contribution in [2.24, 2.45) is 11.8 Å². The van der Waals surface area contributed by atoms with Crippen molar-refractivity contribution in [1.82, 2.24) is 0 Å². The van der Waals surface area contributed by atoms with Gasteiger partial charge in [0, 0.05) is 34.1 Å². The van der Waals surface area contributed by atoms with Gasteiger partial charge in [-0.2, -0.15) is 0 Å². The van der Waals surface area contributed by atoms with Gasteiger partial charge in [-0.05, 0) is 72.0 Å². The maximum absolute atomic E-state index is 13.5. The Kier molecular flexibility index (Phi) is 10.3. The second-order valence-corrected chi connectivity index (χ2v) is 15.8. The minimum Gasteiger partial charge on any atom is -0.493 e. The largest absolute Gasteiger partial charge is 0.493 e. The SMILES string of the molecule is COc1cc([C@@H]2c3cc4c(cc3[C@H](OC(=O)CCCCC3CCSC(c5ccccc5Cl)S3)[C@H]3COC(=O)[C@H]23)OCO4)cc(OC)c1OC. The predicted octanol–water partition coefficient (Wildman–Crippen LogP) is 8.11. The van der Waals surface area contributed by atoms with Gasteiger partial charge in [-0.25, -0.2) is 0 Å². The van der Waals surface area contributed by atoms with Gasteiger partial charge < -0.3 is 33.2 Å². The molecule has 260 valence electrons. The number of cyclic esters (lactones) is 1. The van der Waals surface area contributed by atoms with Crippen LogP contribution in [0.2, 0.25) is 5.02 Å². The summed E-state index contributed by atoms with van der Waals surface area (Å²) in [5.41, 5.74) is 3.54. The first-order valence-corrected chi connectivity index (χ1v) is 18.9. The van der Waals surface area contributed by atoms with Gasteiger partial charge in [0.2, 0.25) is 12.5 Å². The molecule has 49 heavy (non-hydrogen) atoms. The summed E-state index contributed by atoms with van der Waals surface area (Å²) >= 11 is 10.4. The molecule has 3 heterocycles. The van der Waals surface area contributed by atoms with Crippen LogP contribution in [0.3, 0.4) is 0 Å². The molecule has 0 spiro atoms. The zero-order chi connectivity index (χ0) is 34.1. The minimum absolute atomic E-state index is 0.0868. The number of halogens is 1. The summed E-state index contributed by atoms with van der Waals surface area (Å²) in [6, 6.07) is 15.6. The maximum atomic E-state index is 13.5. The highest BCUT2D eigenvalue weighted by Gasteiger charge is 2.54. The molecule has 7 rings (SSSR count). The molecule has 2 fully saturated rings. The lowest BCUT2D eigenvalue weighted by Gasteiger charge is -2.38. The summed E-state index contributed by atoms with van der Waals surface area (Å²) in [4.78, 5) is 26.9. The Labute approximate surface area is 299 Å². The van der Waals surface area contributed by atoms with Crippen molar-refractivity contribution in [3.05, 3.63) is 75.8 Å². The molecule has 9 nitrogen and oxygen atoms in total. The number of benzene rings is 3. The number of thioether (sulfide) groups is 2. The van der Waals surface area contributed by atoms with Crippen molar-refractivity contribution < 1.29 is 42.7 Å². The van der Waals surface area contributed by atoms with Crippen molar-refractivity contribution in [3.63, 3.8) is 0 Å². The van der Waals surface area contributed by atoms with Crippen LogP contribution in [0.5, 0.6) is 28.7 Å². The second kappa shape index (κ2) is 14.8. The van der Waals surface area contributed by atoms with Gasteiger partial charge >= 0.3 is 11.9 Å². The smallest absolute Gasteiger partial charge is 0.310 e. The lowest BCUT2D eigenvalue weighted by Crippen LogP contribution is -2.36. The fraction of sp³-hybridized carbons (Fsp3) is 0.459. The number of hydrogen-bond acceptors (Lipinski definition) is 11. The Morgan fingerprint density at radius 1 is 0.918 bits per heavy atom. The first-order valence-electron chi connectivity index (χ1n) is 16.5. The average molecular weight is 727 g/mol. The van der Waals surface area contributed by atoms with E-state index >= 15 is 0 Å². The van der Waals surface area contributed by atoms with Gasteiger partial charge in [-0.1, -0.05) is 36.2 Å². The highest BCUT2D eigenvalue weighted by molar-refractivity contribution is 8.17. The van der Waals surface area contributed by atoms with E-state index in [4.69, 9.17) is 44.8 Å². The van der Waals surface area contributed by atoms with E-state index in [0.29, 0.717) is 45.0 Å². The fourth-order valence-corrected chi connectivity index (χ4v) is 11.3. The van der Waals surface area contributed by atoms with Crippen LogP contribution in [0.4, 0.5) is 0 Å². The molecule has 4 aliphatic rings. The highest BCUT2D eigenvalue weighted by atomic mass is 35.5. The molecule has 0 radical (unpaired) electrons. The van der Waals surface area contributed by atoms with E-state index < -0.39 is 23.9 Å². The van der Waals surface area contributed by atoms with Crippen LogP contribution in [0.15, 0.2) is 48.5 Å². The monoisotopic (exact) mass is 726 g/mol. The number of methoxy groups -OCH3 is 3. The highest BCUT2D eigenvalue weighted by Crippen LogP contribution is 2.57. The molecule has 1 aliphatic carbocycles. The van der Waals surface area contributed by atoms with E-state index in [9.17, 15) is 9.59 Å². The van der Waals surface area contributed by atoms with Crippen molar-refractivity contribution in [2.45, 2.75) is 54.0 Å². The fourth-order valence-electron chi connectivity index (χ4n) is 7.42. The van der Waals surface area contributed by atoms with Crippen molar-refractivity contribution in [2.75, 3.05) is 40.5 Å². The van der Waals surface area contributed by atoms with Gasteiger partial charge in [0.25, 0.3) is 0 Å².